The van der Waals surface area contributed by atoms with Gasteiger partial charge in [0.1, 0.15) is 0 Å². The maximum atomic E-state index is 12.6. The van der Waals surface area contributed by atoms with Crippen LogP contribution in [-0.2, 0) is 6.42 Å². The molecular weight excluding hydrogens is 236 g/mol. The summed E-state index contributed by atoms with van der Waals surface area (Å²) in [5.74, 6) is 0.129. The fourth-order valence-corrected chi connectivity index (χ4v) is 2.81. The summed E-state index contributed by atoms with van der Waals surface area (Å²) in [5, 5.41) is 0. The quantitative estimate of drug-likeness (QED) is 0.908. The van der Waals surface area contributed by atoms with Gasteiger partial charge in [-0.3, -0.25) is 4.79 Å². The van der Waals surface area contributed by atoms with Crippen molar-refractivity contribution in [2.75, 3.05) is 6.54 Å². The van der Waals surface area contributed by atoms with E-state index >= 15 is 0 Å². The van der Waals surface area contributed by atoms with Crippen LogP contribution in [0.2, 0.25) is 0 Å². The van der Waals surface area contributed by atoms with Crippen LogP contribution in [0.4, 0.5) is 0 Å². The molecule has 2 N–H and O–H groups in total. The van der Waals surface area contributed by atoms with Crippen molar-refractivity contribution in [1.82, 2.24) is 4.90 Å². The number of likely N-dealkylation sites (tertiary alicyclic amines) is 1. The van der Waals surface area contributed by atoms with E-state index in [0.717, 1.165) is 31.4 Å². The van der Waals surface area contributed by atoms with Crippen molar-refractivity contribution in [3.8, 4) is 0 Å². The average molecular weight is 260 g/mol. The minimum Gasteiger partial charge on any atom is -0.334 e. The van der Waals surface area contributed by atoms with Crippen molar-refractivity contribution in [2.45, 2.75) is 51.6 Å². The minimum absolute atomic E-state index is 0.0409. The summed E-state index contributed by atoms with van der Waals surface area (Å²) in [7, 11) is 0. The Kier molecular flexibility index (Phi) is 4.59. The fraction of sp³-hybridized carbons (Fsp3) is 0.562. The van der Waals surface area contributed by atoms with Crippen LogP contribution in [-0.4, -0.2) is 29.4 Å². The summed E-state index contributed by atoms with van der Waals surface area (Å²) in [4.78, 5) is 14.6. The third kappa shape index (κ3) is 3.16. The molecule has 0 radical (unpaired) electrons. The van der Waals surface area contributed by atoms with Crippen LogP contribution in [0.3, 0.4) is 0 Å². The molecule has 0 bridgehead atoms. The van der Waals surface area contributed by atoms with Gasteiger partial charge in [0.25, 0.3) is 5.91 Å². The summed E-state index contributed by atoms with van der Waals surface area (Å²) in [6, 6.07) is 8.18. The number of nitrogens with two attached hydrogens (primary N) is 1. The van der Waals surface area contributed by atoms with Crippen LogP contribution < -0.4 is 5.73 Å². The number of aryl methyl sites for hydroxylation is 1. The van der Waals surface area contributed by atoms with Crippen molar-refractivity contribution in [2.24, 2.45) is 5.73 Å². The Morgan fingerprint density at radius 3 is 2.63 bits per heavy atom. The largest absolute Gasteiger partial charge is 0.334 e. The maximum Gasteiger partial charge on any atom is 0.254 e. The van der Waals surface area contributed by atoms with Gasteiger partial charge in [-0.25, -0.2) is 0 Å². The first-order valence-electron chi connectivity index (χ1n) is 7.29. The molecule has 3 heteroatoms. The van der Waals surface area contributed by atoms with Crippen molar-refractivity contribution in [3.63, 3.8) is 0 Å². The average Bonchev–Trinajstić information content (AvgIpc) is 2.46. The zero-order valence-electron chi connectivity index (χ0n) is 11.9. The Morgan fingerprint density at radius 1 is 1.37 bits per heavy atom. The van der Waals surface area contributed by atoms with E-state index in [2.05, 4.69) is 6.92 Å². The van der Waals surface area contributed by atoms with E-state index in [1.165, 1.54) is 12.0 Å². The van der Waals surface area contributed by atoms with E-state index < -0.39 is 0 Å². The molecule has 2 unspecified atom stereocenters. The summed E-state index contributed by atoms with van der Waals surface area (Å²) < 4.78 is 0. The summed E-state index contributed by atoms with van der Waals surface area (Å²) in [6.45, 7) is 4.95. The normalized spacial score (nSPS) is 21.2. The van der Waals surface area contributed by atoms with Gasteiger partial charge in [-0.15, -0.1) is 0 Å². The topological polar surface area (TPSA) is 46.3 Å². The Hall–Kier alpha value is -1.35. The van der Waals surface area contributed by atoms with Crippen LogP contribution >= 0.6 is 0 Å². The Morgan fingerprint density at radius 2 is 2.05 bits per heavy atom. The predicted octanol–water partition coefficient (Wildman–Crippen LogP) is 2.59. The highest BCUT2D eigenvalue weighted by Crippen LogP contribution is 2.21. The summed E-state index contributed by atoms with van der Waals surface area (Å²) >= 11 is 0. The van der Waals surface area contributed by atoms with Crippen LogP contribution in [0, 0.1) is 0 Å². The van der Waals surface area contributed by atoms with E-state index in [9.17, 15) is 4.79 Å². The van der Waals surface area contributed by atoms with Crippen LogP contribution in [0.15, 0.2) is 24.3 Å². The zero-order valence-corrected chi connectivity index (χ0v) is 11.9. The van der Waals surface area contributed by atoms with Crippen molar-refractivity contribution < 1.29 is 4.79 Å². The van der Waals surface area contributed by atoms with Crippen molar-refractivity contribution >= 4 is 5.91 Å². The van der Waals surface area contributed by atoms with Gasteiger partial charge in [0, 0.05) is 24.2 Å². The molecule has 3 nitrogen and oxygen atoms in total. The highest BCUT2D eigenvalue weighted by molar-refractivity contribution is 5.94. The molecule has 1 amide bonds. The van der Waals surface area contributed by atoms with E-state index in [0.29, 0.717) is 0 Å². The SMILES string of the molecule is CCc1ccc(C(=O)N2CCCCC2C(C)N)cc1. The van der Waals surface area contributed by atoms with Crippen LogP contribution in [0.1, 0.15) is 49.0 Å². The molecule has 1 fully saturated rings. The molecule has 1 saturated heterocycles. The molecule has 1 aliphatic rings. The molecule has 1 aliphatic heterocycles. The van der Waals surface area contributed by atoms with Crippen LogP contribution in [0.25, 0.3) is 0 Å². The number of benzene rings is 1. The number of hydrogen-bond donors (Lipinski definition) is 1. The second-order valence-corrected chi connectivity index (χ2v) is 5.47. The molecule has 2 rings (SSSR count). The lowest BCUT2D eigenvalue weighted by atomic mass is 9.96. The van der Waals surface area contributed by atoms with Gasteiger partial charge in [0.15, 0.2) is 0 Å². The number of hydrogen-bond acceptors (Lipinski definition) is 2. The minimum atomic E-state index is 0.0409. The Bertz CT molecular complexity index is 425. The fourth-order valence-electron chi connectivity index (χ4n) is 2.81. The third-order valence-electron chi connectivity index (χ3n) is 4.03. The van der Waals surface area contributed by atoms with Crippen LogP contribution in [0.5, 0.6) is 0 Å². The van der Waals surface area contributed by atoms with Gasteiger partial charge in [-0.05, 0) is 50.3 Å². The second kappa shape index (κ2) is 6.20. The smallest absolute Gasteiger partial charge is 0.254 e. The lowest BCUT2D eigenvalue weighted by Crippen LogP contribution is -2.51. The monoisotopic (exact) mass is 260 g/mol. The van der Waals surface area contributed by atoms with Crippen molar-refractivity contribution in [1.29, 1.82) is 0 Å². The number of piperidine rings is 1. The molecule has 1 heterocycles. The second-order valence-electron chi connectivity index (χ2n) is 5.47. The van der Waals surface area contributed by atoms with Gasteiger partial charge in [-0.2, -0.15) is 0 Å². The Labute approximate surface area is 115 Å². The van der Waals surface area contributed by atoms with Gasteiger partial charge in [-0.1, -0.05) is 19.1 Å². The first-order valence-corrected chi connectivity index (χ1v) is 7.29. The lowest BCUT2D eigenvalue weighted by Gasteiger charge is -2.38. The van der Waals surface area contributed by atoms with E-state index in [4.69, 9.17) is 5.73 Å². The number of carbonyl (C=O) groups excluding carboxylic acids is 1. The number of carbonyl (C=O) groups is 1. The highest BCUT2D eigenvalue weighted by atomic mass is 16.2. The molecule has 0 aliphatic carbocycles. The van der Waals surface area contributed by atoms with Gasteiger partial charge < -0.3 is 10.6 Å². The molecule has 0 saturated carbocycles. The predicted molar refractivity (Wildman–Crippen MR) is 78.1 cm³/mol. The molecule has 19 heavy (non-hydrogen) atoms. The first-order chi connectivity index (χ1) is 9.13. The van der Waals surface area contributed by atoms with E-state index in [1.807, 2.05) is 36.1 Å². The molecular formula is C16H24N2O. The number of rotatable bonds is 3. The molecule has 0 aromatic heterocycles. The van der Waals surface area contributed by atoms with Gasteiger partial charge in [0.05, 0.1) is 0 Å². The third-order valence-corrected chi connectivity index (χ3v) is 4.03. The standard InChI is InChI=1S/C16H24N2O/c1-3-13-7-9-14(10-8-13)16(19)18-11-5-4-6-15(18)12(2)17/h7-10,12,15H,3-6,11,17H2,1-2H3. The highest BCUT2D eigenvalue weighted by Gasteiger charge is 2.29. The summed E-state index contributed by atoms with van der Waals surface area (Å²) in [6.07, 6.45) is 4.28. The molecule has 1 aromatic carbocycles. The first kappa shape index (κ1) is 14.1. The molecule has 104 valence electrons. The lowest BCUT2D eigenvalue weighted by molar-refractivity contribution is 0.0584. The van der Waals surface area contributed by atoms with Gasteiger partial charge in [0.2, 0.25) is 0 Å². The van der Waals surface area contributed by atoms with Crippen molar-refractivity contribution in [3.05, 3.63) is 35.4 Å². The van der Waals surface area contributed by atoms with Gasteiger partial charge >= 0.3 is 0 Å². The molecule has 0 spiro atoms. The molecule has 1 aromatic rings. The van der Waals surface area contributed by atoms with E-state index in [-0.39, 0.29) is 18.0 Å². The zero-order chi connectivity index (χ0) is 13.8. The maximum absolute atomic E-state index is 12.6. The number of nitrogens with zero attached hydrogens (tertiary/aromatic N) is 1. The summed E-state index contributed by atoms with van der Waals surface area (Å²) in [5.41, 5.74) is 8.07. The van der Waals surface area contributed by atoms with E-state index in [1.54, 1.807) is 0 Å². The number of amides is 1. The molecule has 2 atom stereocenters. The Balaban J connectivity index is 2.16.